The fourth-order valence-corrected chi connectivity index (χ4v) is 4.86. The Kier molecular flexibility index (Phi) is 3.54. The maximum absolute atomic E-state index is 1.61. The van der Waals surface area contributed by atoms with Gasteiger partial charge in [-0.25, -0.2) is 0 Å². The van der Waals surface area contributed by atoms with Gasteiger partial charge < -0.3 is 0 Å². The largest absolute Gasteiger partial charge is 0.0530 e. The summed E-state index contributed by atoms with van der Waals surface area (Å²) in [4.78, 5) is 0. The molecule has 0 aliphatic heterocycles. The van der Waals surface area contributed by atoms with Gasteiger partial charge in [0.2, 0.25) is 0 Å². The van der Waals surface area contributed by atoms with Crippen molar-refractivity contribution in [3.63, 3.8) is 0 Å². The Morgan fingerprint density at radius 1 is 0.438 bits per heavy atom. The molecule has 3 fully saturated rings. The molecule has 0 aromatic carbocycles. The fraction of sp³-hybridized carbons (Fsp3) is 1.00. The first-order chi connectivity index (χ1) is 7.92. The SMILES string of the molecule is C1CCC2CC3CCCCC2CC(C1)CC3. The van der Waals surface area contributed by atoms with Crippen LogP contribution in [0.2, 0.25) is 0 Å². The highest BCUT2D eigenvalue weighted by Crippen LogP contribution is 2.45. The Bertz CT molecular complexity index is 196. The predicted octanol–water partition coefficient (Wildman–Crippen LogP) is 5.17. The fourth-order valence-electron chi connectivity index (χ4n) is 4.86. The second kappa shape index (κ2) is 5.10. The first-order valence-electron chi connectivity index (χ1n) is 7.92. The standard InChI is InChI=1S/C16H28/c1-3-7-15-12-14-6-2-4-8-16(15)11-13(5-1)9-10-14/h13-16H,1-12H2. The molecule has 0 aromatic rings. The summed E-state index contributed by atoms with van der Waals surface area (Å²) in [6, 6.07) is 0. The minimum Gasteiger partial charge on any atom is -0.0530 e. The van der Waals surface area contributed by atoms with E-state index in [1.807, 2.05) is 0 Å². The summed E-state index contributed by atoms with van der Waals surface area (Å²) in [5.41, 5.74) is 0. The third kappa shape index (κ3) is 2.46. The van der Waals surface area contributed by atoms with E-state index >= 15 is 0 Å². The van der Waals surface area contributed by atoms with Crippen molar-refractivity contribution in [1.29, 1.82) is 0 Å². The van der Waals surface area contributed by atoms with Crippen LogP contribution in [0.3, 0.4) is 0 Å². The second-order valence-electron chi connectivity index (χ2n) is 6.87. The Balaban J connectivity index is 1.79. The van der Waals surface area contributed by atoms with Crippen LogP contribution in [-0.2, 0) is 0 Å². The molecule has 4 bridgehead atoms. The van der Waals surface area contributed by atoms with E-state index in [-0.39, 0.29) is 0 Å². The summed E-state index contributed by atoms with van der Waals surface area (Å²) in [7, 11) is 0. The molecule has 16 heavy (non-hydrogen) atoms. The molecule has 0 spiro atoms. The van der Waals surface area contributed by atoms with Crippen molar-refractivity contribution in [2.24, 2.45) is 23.7 Å². The van der Waals surface area contributed by atoms with Gasteiger partial charge in [-0.1, -0.05) is 64.2 Å². The summed E-state index contributed by atoms with van der Waals surface area (Å²) >= 11 is 0. The van der Waals surface area contributed by atoms with Crippen LogP contribution in [0, 0.1) is 23.7 Å². The third-order valence-electron chi connectivity index (χ3n) is 5.80. The predicted molar refractivity (Wildman–Crippen MR) is 69.4 cm³/mol. The van der Waals surface area contributed by atoms with Gasteiger partial charge in [-0.3, -0.25) is 0 Å². The molecule has 4 atom stereocenters. The first-order valence-corrected chi connectivity index (χ1v) is 7.92. The van der Waals surface area contributed by atoms with Crippen molar-refractivity contribution >= 4 is 0 Å². The maximum atomic E-state index is 1.61. The molecule has 3 aliphatic carbocycles. The smallest absolute Gasteiger partial charge is 0.0383 e. The highest BCUT2D eigenvalue weighted by Gasteiger charge is 2.32. The molecule has 3 saturated carbocycles. The minimum absolute atomic E-state index is 1.12. The minimum atomic E-state index is 1.12. The van der Waals surface area contributed by atoms with Gasteiger partial charge in [-0.05, 0) is 36.5 Å². The zero-order chi connectivity index (χ0) is 10.8. The van der Waals surface area contributed by atoms with Crippen LogP contribution in [0.1, 0.15) is 77.0 Å². The Morgan fingerprint density at radius 2 is 0.875 bits per heavy atom. The van der Waals surface area contributed by atoms with E-state index in [0.29, 0.717) is 0 Å². The average Bonchev–Trinajstić information content (AvgIpc) is 2.26. The molecule has 3 aliphatic rings. The van der Waals surface area contributed by atoms with Crippen LogP contribution in [0.25, 0.3) is 0 Å². The van der Waals surface area contributed by atoms with E-state index in [9.17, 15) is 0 Å². The number of fused-ring (bicyclic) bond motifs is 2. The van der Waals surface area contributed by atoms with E-state index in [1.54, 1.807) is 77.0 Å². The van der Waals surface area contributed by atoms with Crippen molar-refractivity contribution in [3.05, 3.63) is 0 Å². The van der Waals surface area contributed by atoms with Crippen LogP contribution < -0.4 is 0 Å². The van der Waals surface area contributed by atoms with Gasteiger partial charge in [0.1, 0.15) is 0 Å². The molecule has 0 saturated heterocycles. The number of hydrogen-bond acceptors (Lipinski definition) is 0. The van der Waals surface area contributed by atoms with Crippen LogP contribution in [0.4, 0.5) is 0 Å². The van der Waals surface area contributed by atoms with Gasteiger partial charge in [0.15, 0.2) is 0 Å². The van der Waals surface area contributed by atoms with Crippen LogP contribution >= 0.6 is 0 Å². The molecule has 92 valence electrons. The second-order valence-corrected chi connectivity index (χ2v) is 6.87. The van der Waals surface area contributed by atoms with E-state index in [2.05, 4.69) is 0 Å². The highest BCUT2D eigenvalue weighted by molar-refractivity contribution is 4.84. The zero-order valence-corrected chi connectivity index (χ0v) is 10.8. The zero-order valence-electron chi connectivity index (χ0n) is 10.8. The molecule has 4 unspecified atom stereocenters. The van der Waals surface area contributed by atoms with Gasteiger partial charge in [-0.2, -0.15) is 0 Å². The van der Waals surface area contributed by atoms with E-state index in [4.69, 9.17) is 0 Å². The first kappa shape index (κ1) is 11.1. The molecule has 0 amide bonds. The summed E-state index contributed by atoms with van der Waals surface area (Å²) in [6.45, 7) is 0. The van der Waals surface area contributed by atoms with Crippen LogP contribution in [0.5, 0.6) is 0 Å². The molecule has 3 rings (SSSR count). The number of rotatable bonds is 0. The summed E-state index contributed by atoms with van der Waals surface area (Å²) in [5.74, 6) is 4.50. The van der Waals surface area contributed by atoms with Crippen molar-refractivity contribution in [2.75, 3.05) is 0 Å². The quantitative estimate of drug-likeness (QED) is 0.528. The Labute approximate surface area is 101 Å². The molecule has 0 heterocycles. The topological polar surface area (TPSA) is 0 Å². The Hall–Kier alpha value is 0. The van der Waals surface area contributed by atoms with Crippen molar-refractivity contribution in [2.45, 2.75) is 77.0 Å². The molecule has 0 heteroatoms. The lowest BCUT2D eigenvalue weighted by molar-refractivity contribution is 0.117. The highest BCUT2D eigenvalue weighted by atomic mass is 14.4. The van der Waals surface area contributed by atoms with E-state index < -0.39 is 0 Å². The van der Waals surface area contributed by atoms with Gasteiger partial charge in [0.05, 0.1) is 0 Å². The van der Waals surface area contributed by atoms with E-state index in [1.165, 1.54) is 0 Å². The van der Waals surface area contributed by atoms with Gasteiger partial charge in [0, 0.05) is 0 Å². The van der Waals surface area contributed by atoms with Crippen LogP contribution in [-0.4, -0.2) is 0 Å². The Morgan fingerprint density at radius 3 is 1.38 bits per heavy atom. The van der Waals surface area contributed by atoms with Crippen molar-refractivity contribution in [1.82, 2.24) is 0 Å². The summed E-state index contributed by atoms with van der Waals surface area (Å²) in [6.07, 6.45) is 18.8. The van der Waals surface area contributed by atoms with Gasteiger partial charge in [-0.15, -0.1) is 0 Å². The van der Waals surface area contributed by atoms with Crippen molar-refractivity contribution in [3.8, 4) is 0 Å². The third-order valence-corrected chi connectivity index (χ3v) is 5.80. The van der Waals surface area contributed by atoms with Crippen molar-refractivity contribution < 1.29 is 0 Å². The molecule has 0 radical (unpaired) electrons. The lowest BCUT2D eigenvalue weighted by atomic mass is 9.66. The molecular formula is C16H28. The lowest BCUT2D eigenvalue weighted by Gasteiger charge is -2.40. The van der Waals surface area contributed by atoms with Gasteiger partial charge >= 0.3 is 0 Å². The lowest BCUT2D eigenvalue weighted by Crippen LogP contribution is -2.28. The normalized spacial score (nSPS) is 45.0. The summed E-state index contributed by atoms with van der Waals surface area (Å²) < 4.78 is 0. The van der Waals surface area contributed by atoms with Crippen LogP contribution in [0.15, 0.2) is 0 Å². The van der Waals surface area contributed by atoms with E-state index in [0.717, 1.165) is 23.7 Å². The number of hydrogen-bond donors (Lipinski definition) is 0. The maximum Gasteiger partial charge on any atom is -0.0383 e. The molecule has 0 nitrogen and oxygen atoms in total. The average molecular weight is 220 g/mol. The summed E-state index contributed by atoms with van der Waals surface area (Å²) in [5, 5.41) is 0. The monoisotopic (exact) mass is 220 g/mol. The molecule has 0 N–H and O–H groups in total. The molecule has 0 aromatic heterocycles. The van der Waals surface area contributed by atoms with Gasteiger partial charge in [0.25, 0.3) is 0 Å². The molecular weight excluding hydrogens is 192 g/mol.